The van der Waals surface area contributed by atoms with Crippen molar-refractivity contribution in [1.82, 2.24) is 15.2 Å². The Kier molecular flexibility index (Phi) is 6.23. The summed E-state index contributed by atoms with van der Waals surface area (Å²) in [5.74, 6) is -0.0995. The molecule has 1 unspecified atom stereocenters. The van der Waals surface area contributed by atoms with E-state index in [1.54, 1.807) is 4.90 Å². The summed E-state index contributed by atoms with van der Waals surface area (Å²) in [5.41, 5.74) is 1.41. The number of nitrogens with zero attached hydrogens (tertiary/aromatic N) is 2. The summed E-state index contributed by atoms with van der Waals surface area (Å²) >= 11 is 1.54. The summed E-state index contributed by atoms with van der Waals surface area (Å²) < 4.78 is 4.93. The molecule has 0 saturated carbocycles. The Balaban J connectivity index is 1.58. The highest BCUT2D eigenvalue weighted by molar-refractivity contribution is 7.09. The minimum atomic E-state index is -0.582. The summed E-state index contributed by atoms with van der Waals surface area (Å²) in [6.07, 6.45) is 1.58. The number of hydrogen-bond acceptors (Lipinski definition) is 5. The number of rotatable bonds is 6. The molecular weight excluding hydrogens is 362 g/mol. The van der Waals surface area contributed by atoms with Gasteiger partial charge in [0.1, 0.15) is 11.6 Å². The van der Waals surface area contributed by atoms with Crippen molar-refractivity contribution in [3.8, 4) is 11.3 Å². The number of piperidine rings is 1. The van der Waals surface area contributed by atoms with Crippen LogP contribution in [-0.4, -0.2) is 48.5 Å². The maximum Gasteiger partial charge on any atom is 0.248 e. The number of aromatic nitrogens is 1. The first-order valence-electron chi connectivity index (χ1n) is 9.07. The Hall–Kier alpha value is -2.25. The smallest absolute Gasteiger partial charge is 0.248 e. The fraction of sp³-hybridized carbons (Fsp3) is 0.450. The fourth-order valence-corrected chi connectivity index (χ4v) is 4.10. The first-order chi connectivity index (χ1) is 13.0. The highest BCUT2D eigenvalue weighted by Gasteiger charge is 2.39. The van der Waals surface area contributed by atoms with Gasteiger partial charge in [0.05, 0.1) is 17.7 Å². The van der Waals surface area contributed by atoms with Crippen LogP contribution in [-0.2, 0) is 20.9 Å². The number of carbonyl (C=O) groups is 2. The molecule has 1 fully saturated rings. The molecule has 0 radical (unpaired) electrons. The molecule has 1 aromatic heterocycles. The lowest BCUT2D eigenvalue weighted by atomic mass is 9.81. The van der Waals surface area contributed by atoms with Gasteiger partial charge >= 0.3 is 0 Å². The van der Waals surface area contributed by atoms with E-state index in [-0.39, 0.29) is 18.4 Å². The number of likely N-dealkylation sites (tertiary alicyclic amines) is 1. The van der Waals surface area contributed by atoms with Gasteiger partial charge in [-0.05, 0) is 19.8 Å². The maximum atomic E-state index is 12.8. The Morgan fingerprint density at radius 1 is 1.33 bits per heavy atom. The first kappa shape index (κ1) is 19.5. The molecule has 2 amide bonds. The number of ether oxygens (including phenoxy) is 1. The zero-order chi connectivity index (χ0) is 19.3. The van der Waals surface area contributed by atoms with E-state index < -0.39 is 5.41 Å². The lowest BCUT2D eigenvalue weighted by Gasteiger charge is -2.39. The zero-order valence-electron chi connectivity index (χ0n) is 15.7. The molecule has 1 aromatic carbocycles. The predicted molar refractivity (Wildman–Crippen MR) is 105 cm³/mol. The molecule has 7 heteroatoms. The van der Waals surface area contributed by atoms with E-state index in [4.69, 9.17) is 4.74 Å². The molecule has 27 heavy (non-hydrogen) atoms. The van der Waals surface area contributed by atoms with Gasteiger partial charge in [-0.3, -0.25) is 9.59 Å². The number of benzene rings is 1. The summed E-state index contributed by atoms with van der Waals surface area (Å²) in [7, 11) is 1.51. The van der Waals surface area contributed by atoms with E-state index in [0.717, 1.165) is 29.1 Å². The summed E-state index contributed by atoms with van der Waals surface area (Å²) in [6.45, 7) is 3.48. The third-order valence-corrected chi connectivity index (χ3v) is 5.74. The number of carbonyl (C=O) groups excluding carboxylic acids is 2. The lowest BCUT2D eigenvalue weighted by Crippen LogP contribution is -2.52. The summed E-state index contributed by atoms with van der Waals surface area (Å²) in [4.78, 5) is 31.2. The van der Waals surface area contributed by atoms with Crippen LogP contribution >= 0.6 is 11.3 Å². The molecule has 3 rings (SSSR count). The van der Waals surface area contributed by atoms with Gasteiger partial charge in [-0.25, -0.2) is 4.98 Å². The third-order valence-electron chi connectivity index (χ3n) is 4.89. The Morgan fingerprint density at radius 2 is 2.11 bits per heavy atom. The normalized spacial score (nSPS) is 19.7. The highest BCUT2D eigenvalue weighted by Crippen LogP contribution is 2.30. The highest BCUT2D eigenvalue weighted by atomic mass is 32.1. The van der Waals surface area contributed by atoms with Crippen LogP contribution in [0.5, 0.6) is 0 Å². The molecule has 2 aromatic rings. The van der Waals surface area contributed by atoms with Crippen molar-refractivity contribution in [2.24, 2.45) is 5.41 Å². The Labute approximate surface area is 163 Å². The largest absolute Gasteiger partial charge is 0.375 e. The van der Waals surface area contributed by atoms with Gasteiger partial charge < -0.3 is 15.0 Å². The molecule has 144 valence electrons. The molecule has 1 aliphatic rings. The van der Waals surface area contributed by atoms with E-state index in [1.165, 1.54) is 18.4 Å². The van der Waals surface area contributed by atoms with E-state index in [0.29, 0.717) is 19.6 Å². The van der Waals surface area contributed by atoms with Crippen LogP contribution < -0.4 is 5.32 Å². The van der Waals surface area contributed by atoms with E-state index >= 15 is 0 Å². The van der Waals surface area contributed by atoms with Crippen LogP contribution in [0.4, 0.5) is 0 Å². The van der Waals surface area contributed by atoms with Crippen LogP contribution in [0.1, 0.15) is 24.8 Å². The predicted octanol–water partition coefficient (Wildman–Crippen LogP) is 2.70. The molecule has 0 aliphatic carbocycles. The zero-order valence-corrected chi connectivity index (χ0v) is 16.6. The van der Waals surface area contributed by atoms with Crippen molar-refractivity contribution in [2.75, 3.05) is 26.8 Å². The van der Waals surface area contributed by atoms with Gasteiger partial charge in [-0.2, -0.15) is 0 Å². The fourth-order valence-electron chi connectivity index (χ4n) is 3.36. The minimum Gasteiger partial charge on any atom is -0.375 e. The molecule has 0 spiro atoms. The average Bonchev–Trinajstić information content (AvgIpc) is 3.16. The van der Waals surface area contributed by atoms with Crippen molar-refractivity contribution in [3.05, 3.63) is 40.7 Å². The second-order valence-electron chi connectivity index (χ2n) is 7.09. The van der Waals surface area contributed by atoms with Crippen molar-refractivity contribution in [3.63, 3.8) is 0 Å². The second kappa shape index (κ2) is 8.63. The van der Waals surface area contributed by atoms with Gasteiger partial charge in [0.15, 0.2) is 0 Å². The average molecular weight is 388 g/mol. The monoisotopic (exact) mass is 387 g/mol. The van der Waals surface area contributed by atoms with Gasteiger partial charge in [0, 0.05) is 31.1 Å². The van der Waals surface area contributed by atoms with Gasteiger partial charge in [0.25, 0.3) is 0 Å². The van der Waals surface area contributed by atoms with Crippen molar-refractivity contribution in [1.29, 1.82) is 0 Å². The second-order valence-corrected chi connectivity index (χ2v) is 8.03. The Bertz CT molecular complexity index is 793. The van der Waals surface area contributed by atoms with Gasteiger partial charge in [0.2, 0.25) is 11.8 Å². The Morgan fingerprint density at radius 3 is 2.85 bits per heavy atom. The molecular formula is C20H25N3O3S. The minimum absolute atomic E-state index is 0.0334. The molecule has 1 atom stereocenters. The van der Waals surface area contributed by atoms with E-state index in [9.17, 15) is 9.59 Å². The number of amides is 2. The van der Waals surface area contributed by atoms with Crippen LogP contribution in [0, 0.1) is 5.41 Å². The summed E-state index contributed by atoms with van der Waals surface area (Å²) in [5, 5.41) is 5.88. The quantitative estimate of drug-likeness (QED) is 0.827. The molecule has 1 saturated heterocycles. The number of thiazole rings is 1. The van der Waals surface area contributed by atoms with Crippen molar-refractivity contribution < 1.29 is 14.3 Å². The van der Waals surface area contributed by atoms with Crippen LogP contribution in [0.2, 0.25) is 0 Å². The van der Waals surface area contributed by atoms with Gasteiger partial charge in [-0.1, -0.05) is 30.3 Å². The van der Waals surface area contributed by atoms with E-state index in [1.807, 2.05) is 42.6 Å². The maximum absolute atomic E-state index is 12.8. The number of hydrogen-bond donors (Lipinski definition) is 1. The van der Waals surface area contributed by atoms with E-state index in [2.05, 4.69) is 10.3 Å². The number of nitrogens with one attached hydrogen (secondary N) is 1. The van der Waals surface area contributed by atoms with Crippen molar-refractivity contribution in [2.45, 2.75) is 26.3 Å². The SMILES string of the molecule is COCC(=O)N1CCCC(C)(C(=O)NCc2nc(-c3ccccc3)cs2)C1. The summed E-state index contributed by atoms with van der Waals surface area (Å²) in [6, 6.07) is 9.98. The molecule has 2 heterocycles. The molecule has 6 nitrogen and oxygen atoms in total. The first-order valence-corrected chi connectivity index (χ1v) is 9.95. The standard InChI is InChI=1S/C20H25N3O3S/c1-20(9-6-10-23(14-20)18(24)12-26-2)19(25)21-11-17-22-16(13-27-17)15-7-4-3-5-8-15/h3-5,7-8,13H,6,9-12,14H2,1-2H3,(H,21,25). The van der Waals surface area contributed by atoms with Crippen molar-refractivity contribution >= 4 is 23.2 Å². The number of methoxy groups -OCH3 is 1. The van der Waals surface area contributed by atoms with Crippen LogP contribution in [0.3, 0.4) is 0 Å². The third kappa shape index (κ3) is 4.73. The molecule has 1 N–H and O–H groups in total. The molecule has 1 aliphatic heterocycles. The van der Waals surface area contributed by atoms with Crippen LogP contribution in [0.25, 0.3) is 11.3 Å². The lowest BCUT2D eigenvalue weighted by molar-refractivity contribution is -0.143. The van der Waals surface area contributed by atoms with Gasteiger partial charge in [-0.15, -0.1) is 11.3 Å². The topological polar surface area (TPSA) is 71.5 Å². The van der Waals surface area contributed by atoms with Crippen LogP contribution in [0.15, 0.2) is 35.7 Å². The molecule has 0 bridgehead atoms.